The number of benzene rings is 3. The predicted octanol–water partition coefficient (Wildman–Crippen LogP) is 5.21. The van der Waals surface area contributed by atoms with Crippen LogP contribution in [0.3, 0.4) is 0 Å². The first-order valence-corrected chi connectivity index (χ1v) is 11.5. The van der Waals surface area contributed by atoms with Gasteiger partial charge in [0.15, 0.2) is 34.7 Å². The van der Waals surface area contributed by atoms with Crippen molar-refractivity contribution in [2.75, 3.05) is 12.1 Å². The minimum atomic E-state index is 0.0140. The molecule has 0 saturated heterocycles. The Bertz CT molecular complexity index is 1640. The average Bonchev–Trinajstić information content (AvgIpc) is 3.54. The third-order valence-electron chi connectivity index (χ3n) is 6.38. The first-order valence-electron chi connectivity index (χ1n) is 11.5. The molecule has 8 heteroatoms. The second kappa shape index (κ2) is 8.06. The van der Waals surface area contributed by atoms with E-state index in [9.17, 15) is 4.79 Å². The molecular formula is C28H19N5O3. The van der Waals surface area contributed by atoms with Crippen molar-refractivity contribution in [3.05, 3.63) is 96.2 Å². The molecule has 8 nitrogen and oxygen atoms in total. The number of anilines is 2. The first kappa shape index (κ1) is 20.4. The molecule has 2 aliphatic rings. The van der Waals surface area contributed by atoms with Gasteiger partial charge in [0.2, 0.25) is 6.79 Å². The molecule has 0 aliphatic carbocycles. The lowest BCUT2D eigenvalue weighted by Gasteiger charge is -2.11. The molecule has 0 amide bonds. The van der Waals surface area contributed by atoms with Crippen molar-refractivity contribution in [2.45, 2.75) is 6.42 Å². The van der Waals surface area contributed by atoms with Crippen LogP contribution in [0, 0.1) is 0 Å². The highest BCUT2D eigenvalue weighted by molar-refractivity contribution is 5.98. The van der Waals surface area contributed by atoms with E-state index >= 15 is 0 Å². The molecule has 0 bridgehead atoms. The molecule has 0 spiro atoms. The van der Waals surface area contributed by atoms with Gasteiger partial charge in [-0.1, -0.05) is 36.4 Å². The number of hydrogen-bond acceptors (Lipinski definition) is 7. The summed E-state index contributed by atoms with van der Waals surface area (Å²) in [4.78, 5) is 17.4. The molecule has 7 rings (SSSR count). The van der Waals surface area contributed by atoms with Gasteiger partial charge in [-0.05, 0) is 48.0 Å². The van der Waals surface area contributed by atoms with E-state index in [0.717, 1.165) is 39.7 Å². The Hall–Kier alpha value is -4.98. The summed E-state index contributed by atoms with van der Waals surface area (Å²) in [7, 11) is 0. The quantitative estimate of drug-likeness (QED) is 0.352. The van der Waals surface area contributed by atoms with Gasteiger partial charge in [0.25, 0.3) is 0 Å². The fourth-order valence-corrected chi connectivity index (χ4v) is 4.59. The zero-order valence-electron chi connectivity index (χ0n) is 19.0. The van der Waals surface area contributed by atoms with E-state index in [4.69, 9.17) is 9.47 Å². The average molecular weight is 473 g/mol. The van der Waals surface area contributed by atoms with Gasteiger partial charge in [0, 0.05) is 29.3 Å². The maximum atomic E-state index is 12.9. The molecule has 3 aromatic carbocycles. The van der Waals surface area contributed by atoms with E-state index in [-0.39, 0.29) is 19.0 Å². The number of hydrogen-bond donors (Lipinski definition) is 1. The van der Waals surface area contributed by atoms with E-state index in [0.29, 0.717) is 22.9 Å². The predicted molar refractivity (Wildman–Crippen MR) is 134 cm³/mol. The van der Waals surface area contributed by atoms with Crippen molar-refractivity contribution >= 4 is 17.3 Å². The van der Waals surface area contributed by atoms with Gasteiger partial charge >= 0.3 is 0 Å². The highest BCUT2D eigenvalue weighted by Crippen LogP contribution is 2.39. The van der Waals surface area contributed by atoms with Gasteiger partial charge in [-0.15, -0.1) is 10.2 Å². The fourth-order valence-electron chi connectivity index (χ4n) is 4.59. The number of Topliss-reactive ketones (excluding diaryl/α,β-unsaturated/α-hetero) is 1. The number of ether oxygens (including phenoxy) is 2. The zero-order chi connectivity index (χ0) is 24.1. The van der Waals surface area contributed by atoms with Crippen LogP contribution in [0.15, 0.2) is 85.1 Å². The lowest BCUT2D eigenvalue weighted by Crippen LogP contribution is -2.04. The molecule has 0 unspecified atom stereocenters. The third-order valence-corrected chi connectivity index (χ3v) is 6.38. The van der Waals surface area contributed by atoms with Gasteiger partial charge in [-0.25, -0.2) is 4.98 Å². The Morgan fingerprint density at radius 2 is 1.72 bits per heavy atom. The Kier molecular flexibility index (Phi) is 4.56. The van der Waals surface area contributed by atoms with Gasteiger partial charge in [-0.3, -0.25) is 9.36 Å². The summed E-state index contributed by atoms with van der Waals surface area (Å²) >= 11 is 0. The van der Waals surface area contributed by atoms with Gasteiger partial charge in [0.1, 0.15) is 0 Å². The SMILES string of the molecule is O=C(Cc1ccc(-c2nnc3n2-c2cccnc2Nc2ccccc2-3)cc1)c1ccc2c(c1)OCO2. The van der Waals surface area contributed by atoms with Gasteiger partial charge in [0.05, 0.1) is 11.4 Å². The van der Waals surface area contributed by atoms with Crippen LogP contribution < -0.4 is 14.8 Å². The maximum Gasteiger partial charge on any atom is 0.231 e. The monoisotopic (exact) mass is 473 g/mol. The third kappa shape index (κ3) is 3.31. The summed E-state index contributed by atoms with van der Waals surface area (Å²) < 4.78 is 12.8. The Morgan fingerprint density at radius 1 is 0.889 bits per heavy atom. The first-order chi connectivity index (χ1) is 17.7. The van der Waals surface area contributed by atoms with E-state index in [1.54, 1.807) is 24.4 Å². The number of rotatable bonds is 4. The lowest BCUT2D eigenvalue weighted by molar-refractivity contribution is 0.0992. The zero-order valence-corrected chi connectivity index (χ0v) is 19.0. The summed E-state index contributed by atoms with van der Waals surface area (Å²) in [5, 5.41) is 12.5. The number of carbonyl (C=O) groups excluding carboxylic acids is 1. The van der Waals surface area contributed by atoms with Crippen molar-refractivity contribution in [1.29, 1.82) is 0 Å². The molecule has 2 aromatic heterocycles. The van der Waals surface area contributed by atoms with E-state index < -0.39 is 0 Å². The summed E-state index contributed by atoms with van der Waals surface area (Å²) in [5.41, 5.74) is 5.13. The Morgan fingerprint density at radius 3 is 2.64 bits per heavy atom. The van der Waals surface area contributed by atoms with Crippen LogP contribution in [-0.2, 0) is 6.42 Å². The number of ketones is 1. The van der Waals surface area contributed by atoms with Crippen molar-refractivity contribution in [2.24, 2.45) is 0 Å². The summed E-state index contributed by atoms with van der Waals surface area (Å²) in [6.07, 6.45) is 2.04. The molecule has 36 heavy (non-hydrogen) atoms. The van der Waals surface area contributed by atoms with E-state index in [2.05, 4.69) is 20.5 Å². The number of nitrogens with one attached hydrogen (secondary N) is 1. The van der Waals surface area contributed by atoms with Crippen LogP contribution in [-0.4, -0.2) is 32.3 Å². The van der Waals surface area contributed by atoms with Crippen molar-refractivity contribution in [3.8, 4) is 40.0 Å². The Balaban J connectivity index is 1.23. The number of para-hydroxylation sites is 1. The van der Waals surface area contributed by atoms with Crippen molar-refractivity contribution in [1.82, 2.24) is 19.7 Å². The van der Waals surface area contributed by atoms with Crippen LogP contribution in [0.25, 0.3) is 28.5 Å². The summed E-state index contributed by atoms with van der Waals surface area (Å²) in [6.45, 7) is 0.183. The molecule has 5 aromatic rings. The van der Waals surface area contributed by atoms with E-state index in [1.165, 1.54) is 0 Å². The molecule has 0 saturated carbocycles. The number of nitrogens with zero attached hydrogens (tertiary/aromatic N) is 4. The number of pyridine rings is 1. The normalized spacial score (nSPS) is 12.7. The summed E-state index contributed by atoms with van der Waals surface area (Å²) in [6, 6.07) is 25.0. The molecule has 0 fully saturated rings. The molecule has 174 valence electrons. The smallest absolute Gasteiger partial charge is 0.231 e. The van der Waals surface area contributed by atoms with Crippen LogP contribution in [0.4, 0.5) is 11.5 Å². The van der Waals surface area contributed by atoms with Crippen LogP contribution in [0.5, 0.6) is 11.5 Å². The fraction of sp³-hybridized carbons (Fsp3) is 0.0714. The van der Waals surface area contributed by atoms with Gasteiger partial charge < -0.3 is 14.8 Å². The van der Waals surface area contributed by atoms with E-state index in [1.807, 2.05) is 65.2 Å². The van der Waals surface area contributed by atoms with Crippen LogP contribution >= 0.6 is 0 Å². The second-order valence-electron chi connectivity index (χ2n) is 8.59. The van der Waals surface area contributed by atoms with Crippen LogP contribution in [0.2, 0.25) is 0 Å². The van der Waals surface area contributed by atoms with Gasteiger partial charge in [-0.2, -0.15) is 0 Å². The standard InChI is InChI=1S/C28H19N5O3/c34-23(19-11-12-24-25(15-19)36-16-35-24)14-17-7-9-18(10-8-17)27-31-32-28-20-4-1-2-5-21(20)30-26-22(33(27)28)6-3-13-29-26/h1-13,15H,14,16H2,(H,29,30). The lowest BCUT2D eigenvalue weighted by atomic mass is 10.0. The summed E-state index contributed by atoms with van der Waals surface area (Å²) in [5.74, 6) is 3.46. The second-order valence-corrected chi connectivity index (χ2v) is 8.59. The maximum absolute atomic E-state index is 12.9. The molecule has 0 radical (unpaired) electrons. The molecule has 0 atom stereocenters. The topological polar surface area (TPSA) is 91.2 Å². The highest BCUT2D eigenvalue weighted by Gasteiger charge is 2.25. The number of carbonyl (C=O) groups is 1. The number of fused-ring (bicyclic) bond motifs is 6. The molecule has 2 aliphatic heterocycles. The minimum absolute atomic E-state index is 0.0140. The van der Waals surface area contributed by atoms with Crippen LogP contribution in [0.1, 0.15) is 15.9 Å². The van der Waals surface area contributed by atoms with Crippen molar-refractivity contribution in [3.63, 3.8) is 0 Å². The van der Waals surface area contributed by atoms with Crippen molar-refractivity contribution < 1.29 is 14.3 Å². The Labute approximate surface area is 206 Å². The molecular weight excluding hydrogens is 454 g/mol. The molecule has 4 heterocycles. The largest absolute Gasteiger partial charge is 0.454 e. The molecule has 1 N–H and O–H groups in total. The number of aromatic nitrogens is 4. The minimum Gasteiger partial charge on any atom is -0.454 e. The highest BCUT2D eigenvalue weighted by atomic mass is 16.7.